The van der Waals surface area contributed by atoms with Crippen LogP contribution in [0.25, 0.3) is 0 Å². The van der Waals surface area contributed by atoms with Crippen LogP contribution in [0.1, 0.15) is 37.1 Å². The number of carbonyl (C=O) groups excluding carboxylic acids is 1. The van der Waals surface area contributed by atoms with Crippen LogP contribution in [0, 0.1) is 19.8 Å². The molecule has 0 bridgehead atoms. The summed E-state index contributed by atoms with van der Waals surface area (Å²) in [4.78, 5) is 21.5. The number of rotatable bonds is 5. The lowest BCUT2D eigenvalue weighted by atomic mass is 9.97. The summed E-state index contributed by atoms with van der Waals surface area (Å²) >= 11 is 0. The zero-order valence-electron chi connectivity index (χ0n) is 14.6. The molecule has 2 heterocycles. The molecule has 1 aromatic rings. The number of methoxy groups -OCH3 is 1. The fourth-order valence-corrected chi connectivity index (χ4v) is 3.28. The second-order valence-electron chi connectivity index (χ2n) is 6.90. The van der Waals surface area contributed by atoms with Gasteiger partial charge in [0, 0.05) is 33.3 Å². The van der Waals surface area contributed by atoms with Gasteiger partial charge in [0.15, 0.2) is 0 Å². The number of ether oxygens (including phenoxy) is 1. The van der Waals surface area contributed by atoms with Crippen LogP contribution < -0.4 is 0 Å². The number of hydrogen-bond donors (Lipinski definition) is 0. The normalized spacial score (nSPS) is 22.2. The molecule has 0 spiro atoms. The van der Waals surface area contributed by atoms with Crippen LogP contribution in [0.15, 0.2) is 4.42 Å². The zero-order chi connectivity index (χ0) is 16.6. The minimum absolute atomic E-state index is 0.143. The molecule has 0 aromatic carbocycles. The molecule has 1 aliphatic heterocycles. The molecule has 6 nitrogen and oxygen atoms in total. The standard InChI is InChI=1S/C17H27N3O3/c1-12-13(2)23-15(18-12)11-19-7-9-20(10-8-19)16(21)17(3,22-4)14-5-6-14/h14H,5-11H2,1-4H3. The topological polar surface area (TPSA) is 58.8 Å². The first-order valence-electron chi connectivity index (χ1n) is 8.44. The van der Waals surface area contributed by atoms with Crippen molar-refractivity contribution in [3.05, 3.63) is 17.3 Å². The van der Waals surface area contributed by atoms with Gasteiger partial charge >= 0.3 is 0 Å². The van der Waals surface area contributed by atoms with Gasteiger partial charge in [-0.1, -0.05) is 0 Å². The largest absolute Gasteiger partial charge is 0.444 e. The minimum atomic E-state index is -0.640. The van der Waals surface area contributed by atoms with Gasteiger partial charge in [0.05, 0.1) is 12.2 Å². The first kappa shape index (κ1) is 16.5. The van der Waals surface area contributed by atoms with Crippen molar-refractivity contribution in [1.82, 2.24) is 14.8 Å². The molecule has 1 atom stereocenters. The summed E-state index contributed by atoms with van der Waals surface area (Å²) in [5, 5.41) is 0. The maximum absolute atomic E-state index is 12.8. The summed E-state index contributed by atoms with van der Waals surface area (Å²) in [6, 6.07) is 0. The number of carbonyl (C=O) groups is 1. The molecular weight excluding hydrogens is 294 g/mol. The fraction of sp³-hybridized carbons (Fsp3) is 0.765. The molecule has 6 heteroatoms. The Balaban J connectivity index is 1.54. The molecule has 1 aliphatic carbocycles. The van der Waals surface area contributed by atoms with Crippen molar-refractivity contribution < 1.29 is 13.9 Å². The SMILES string of the molecule is COC(C)(C(=O)N1CCN(Cc2nc(C)c(C)o2)CC1)C1CC1. The molecule has 2 aliphatic rings. The molecule has 23 heavy (non-hydrogen) atoms. The predicted octanol–water partition coefficient (Wildman–Crippen LogP) is 1.75. The summed E-state index contributed by atoms with van der Waals surface area (Å²) in [6.45, 7) is 9.71. The average molecular weight is 321 g/mol. The van der Waals surface area contributed by atoms with Gasteiger partial charge in [-0.25, -0.2) is 4.98 Å². The zero-order valence-corrected chi connectivity index (χ0v) is 14.6. The molecule has 1 saturated heterocycles. The highest BCUT2D eigenvalue weighted by Crippen LogP contribution is 2.42. The number of amides is 1. The molecule has 128 valence electrons. The van der Waals surface area contributed by atoms with Crippen LogP contribution in [-0.4, -0.2) is 59.6 Å². The van der Waals surface area contributed by atoms with Crippen molar-refractivity contribution in [1.29, 1.82) is 0 Å². The molecule has 1 amide bonds. The minimum Gasteiger partial charge on any atom is -0.444 e. The Morgan fingerprint density at radius 1 is 1.30 bits per heavy atom. The molecule has 0 radical (unpaired) electrons. The van der Waals surface area contributed by atoms with E-state index < -0.39 is 5.60 Å². The quantitative estimate of drug-likeness (QED) is 0.827. The smallest absolute Gasteiger partial charge is 0.254 e. The summed E-state index contributed by atoms with van der Waals surface area (Å²) in [6.07, 6.45) is 2.19. The Bertz CT molecular complexity index is 554. The van der Waals surface area contributed by atoms with Crippen LogP contribution in [0.4, 0.5) is 0 Å². The molecule has 0 N–H and O–H groups in total. The van der Waals surface area contributed by atoms with Crippen LogP contribution in [0.5, 0.6) is 0 Å². The van der Waals surface area contributed by atoms with Crippen molar-refractivity contribution in [3.8, 4) is 0 Å². The average Bonchev–Trinajstić information content (AvgIpc) is 3.35. The molecule has 1 aromatic heterocycles. The van der Waals surface area contributed by atoms with Crippen LogP contribution in [0.3, 0.4) is 0 Å². The van der Waals surface area contributed by atoms with Gasteiger partial charge in [-0.15, -0.1) is 0 Å². The highest BCUT2D eigenvalue weighted by Gasteiger charge is 2.49. The highest BCUT2D eigenvalue weighted by molar-refractivity contribution is 5.85. The molecular formula is C17H27N3O3. The number of oxazole rings is 1. The second-order valence-corrected chi connectivity index (χ2v) is 6.90. The summed E-state index contributed by atoms with van der Waals surface area (Å²) < 4.78 is 11.2. The Morgan fingerprint density at radius 2 is 1.96 bits per heavy atom. The Labute approximate surface area is 137 Å². The number of aryl methyl sites for hydroxylation is 2. The first-order chi connectivity index (χ1) is 10.9. The lowest BCUT2D eigenvalue weighted by molar-refractivity contribution is -0.157. The van der Waals surface area contributed by atoms with Gasteiger partial charge in [0.2, 0.25) is 5.89 Å². The third-order valence-corrected chi connectivity index (χ3v) is 5.30. The molecule has 2 fully saturated rings. The van der Waals surface area contributed by atoms with E-state index in [1.165, 1.54) is 0 Å². The van der Waals surface area contributed by atoms with E-state index >= 15 is 0 Å². The van der Waals surface area contributed by atoms with E-state index in [1.807, 2.05) is 25.7 Å². The Hall–Kier alpha value is -1.40. The maximum atomic E-state index is 12.8. The number of nitrogens with zero attached hydrogens (tertiary/aromatic N) is 3. The summed E-state index contributed by atoms with van der Waals surface area (Å²) in [5.41, 5.74) is 0.313. The van der Waals surface area contributed by atoms with Crippen molar-refractivity contribution >= 4 is 5.91 Å². The van der Waals surface area contributed by atoms with Gasteiger partial charge in [0.25, 0.3) is 5.91 Å². The van der Waals surface area contributed by atoms with Crippen LogP contribution in [0.2, 0.25) is 0 Å². The number of aromatic nitrogens is 1. The van der Waals surface area contributed by atoms with E-state index in [2.05, 4.69) is 9.88 Å². The van der Waals surface area contributed by atoms with Crippen molar-refractivity contribution in [3.63, 3.8) is 0 Å². The van der Waals surface area contributed by atoms with E-state index in [0.717, 1.165) is 56.4 Å². The molecule has 1 saturated carbocycles. The van der Waals surface area contributed by atoms with Gasteiger partial charge in [-0.05, 0) is 39.5 Å². The van der Waals surface area contributed by atoms with E-state index in [-0.39, 0.29) is 5.91 Å². The van der Waals surface area contributed by atoms with Crippen molar-refractivity contribution in [2.75, 3.05) is 33.3 Å². The highest BCUT2D eigenvalue weighted by atomic mass is 16.5. The van der Waals surface area contributed by atoms with E-state index in [4.69, 9.17) is 9.15 Å². The van der Waals surface area contributed by atoms with Gasteiger partial charge < -0.3 is 14.1 Å². The van der Waals surface area contributed by atoms with Gasteiger partial charge in [0.1, 0.15) is 11.4 Å². The third-order valence-electron chi connectivity index (χ3n) is 5.30. The monoisotopic (exact) mass is 321 g/mol. The summed E-state index contributed by atoms with van der Waals surface area (Å²) in [5.74, 6) is 2.18. The van der Waals surface area contributed by atoms with Gasteiger partial charge in [-0.2, -0.15) is 0 Å². The lowest BCUT2D eigenvalue weighted by Gasteiger charge is -2.39. The van der Waals surface area contributed by atoms with Crippen molar-refractivity contribution in [2.24, 2.45) is 5.92 Å². The molecule has 1 unspecified atom stereocenters. The van der Waals surface area contributed by atoms with Crippen LogP contribution in [-0.2, 0) is 16.1 Å². The Kier molecular flexibility index (Phi) is 4.47. The third kappa shape index (κ3) is 3.28. The van der Waals surface area contributed by atoms with Gasteiger partial charge in [-0.3, -0.25) is 9.69 Å². The lowest BCUT2D eigenvalue weighted by Crippen LogP contribution is -2.56. The van der Waals surface area contributed by atoms with E-state index in [1.54, 1.807) is 7.11 Å². The van der Waals surface area contributed by atoms with E-state index in [9.17, 15) is 4.79 Å². The maximum Gasteiger partial charge on any atom is 0.254 e. The summed E-state index contributed by atoms with van der Waals surface area (Å²) in [7, 11) is 1.65. The predicted molar refractivity (Wildman–Crippen MR) is 86.0 cm³/mol. The second kappa shape index (κ2) is 6.24. The first-order valence-corrected chi connectivity index (χ1v) is 8.44. The Morgan fingerprint density at radius 3 is 2.43 bits per heavy atom. The van der Waals surface area contributed by atoms with E-state index in [0.29, 0.717) is 12.5 Å². The number of hydrogen-bond acceptors (Lipinski definition) is 5. The van der Waals surface area contributed by atoms with Crippen molar-refractivity contribution in [2.45, 2.75) is 45.8 Å². The van der Waals surface area contributed by atoms with Crippen LogP contribution >= 0.6 is 0 Å². The molecule has 3 rings (SSSR count). The number of piperazine rings is 1. The fourth-order valence-electron chi connectivity index (χ4n) is 3.28.